The topological polar surface area (TPSA) is 139 Å². The van der Waals surface area contributed by atoms with E-state index in [0.29, 0.717) is 30.8 Å². The molecule has 0 spiro atoms. The standard InChI is InChI=1S/C24H34N6O4/c31-22(26-16-19-9-8-11-23(32)27-19)10-6-4-2-1-3-5-7-14-30-17-21(28-29-30)20-13-12-18(15-25-20)24(33)34/h12-13,15,17,19H,1-11,14,16H2,(H,26,31)(H,27,32)(H,33,34)/t19-/m1/s1. The van der Waals surface area contributed by atoms with Crippen LogP contribution in [0.4, 0.5) is 0 Å². The second-order valence-corrected chi connectivity index (χ2v) is 8.79. The molecule has 2 aromatic heterocycles. The van der Waals surface area contributed by atoms with Gasteiger partial charge in [-0.05, 0) is 37.8 Å². The van der Waals surface area contributed by atoms with Crippen molar-refractivity contribution in [2.24, 2.45) is 0 Å². The van der Waals surface area contributed by atoms with Crippen LogP contribution in [0.25, 0.3) is 11.4 Å². The first-order valence-electron chi connectivity index (χ1n) is 12.2. The first-order valence-corrected chi connectivity index (χ1v) is 12.2. The summed E-state index contributed by atoms with van der Waals surface area (Å²) in [5, 5.41) is 23.0. The van der Waals surface area contributed by atoms with Crippen molar-refractivity contribution in [3.63, 3.8) is 0 Å². The number of rotatable bonds is 14. The second-order valence-electron chi connectivity index (χ2n) is 8.79. The third-order valence-electron chi connectivity index (χ3n) is 5.97. The monoisotopic (exact) mass is 470 g/mol. The van der Waals surface area contributed by atoms with Gasteiger partial charge in [0, 0.05) is 38.2 Å². The van der Waals surface area contributed by atoms with E-state index in [1.807, 2.05) is 6.20 Å². The maximum Gasteiger partial charge on any atom is 0.337 e. The molecule has 0 aliphatic carbocycles. The zero-order chi connectivity index (χ0) is 24.2. The minimum absolute atomic E-state index is 0.0695. The number of carbonyl (C=O) groups excluding carboxylic acids is 2. The second kappa shape index (κ2) is 13.4. The van der Waals surface area contributed by atoms with Crippen LogP contribution in [-0.2, 0) is 16.1 Å². The first-order chi connectivity index (χ1) is 16.5. The van der Waals surface area contributed by atoms with Gasteiger partial charge in [-0.3, -0.25) is 19.3 Å². The maximum atomic E-state index is 11.9. The van der Waals surface area contributed by atoms with E-state index in [9.17, 15) is 14.4 Å². The number of amides is 2. The Balaban J connectivity index is 1.18. The van der Waals surface area contributed by atoms with Crippen LogP contribution in [0.1, 0.15) is 81.0 Å². The van der Waals surface area contributed by atoms with E-state index in [2.05, 4.69) is 25.9 Å². The number of carboxylic acids is 1. The maximum absolute atomic E-state index is 11.9. The molecule has 1 atom stereocenters. The van der Waals surface area contributed by atoms with Crippen molar-refractivity contribution in [1.29, 1.82) is 0 Å². The van der Waals surface area contributed by atoms with Crippen LogP contribution in [0.3, 0.4) is 0 Å². The van der Waals surface area contributed by atoms with Crippen molar-refractivity contribution < 1.29 is 19.5 Å². The fourth-order valence-corrected chi connectivity index (χ4v) is 4.00. The van der Waals surface area contributed by atoms with Crippen molar-refractivity contribution in [2.45, 2.75) is 83.2 Å². The third kappa shape index (κ3) is 8.57. The largest absolute Gasteiger partial charge is 0.478 e. The van der Waals surface area contributed by atoms with Gasteiger partial charge in [0.25, 0.3) is 0 Å². The van der Waals surface area contributed by atoms with Crippen LogP contribution in [0, 0.1) is 0 Å². The number of hydrogen-bond acceptors (Lipinski definition) is 6. The summed E-state index contributed by atoms with van der Waals surface area (Å²) in [5.41, 5.74) is 1.38. The Morgan fingerprint density at radius 2 is 1.85 bits per heavy atom. The lowest BCUT2D eigenvalue weighted by Gasteiger charge is -2.23. The van der Waals surface area contributed by atoms with E-state index in [1.54, 1.807) is 10.7 Å². The van der Waals surface area contributed by atoms with Crippen molar-refractivity contribution in [1.82, 2.24) is 30.6 Å². The quantitative estimate of drug-likeness (QED) is 0.361. The Hall–Kier alpha value is -3.30. The highest BCUT2D eigenvalue weighted by Crippen LogP contribution is 2.15. The summed E-state index contributed by atoms with van der Waals surface area (Å²) in [4.78, 5) is 38.4. The third-order valence-corrected chi connectivity index (χ3v) is 5.97. The van der Waals surface area contributed by atoms with E-state index in [4.69, 9.17) is 5.11 Å². The molecule has 1 aliphatic heterocycles. The van der Waals surface area contributed by atoms with Gasteiger partial charge in [-0.1, -0.05) is 37.3 Å². The lowest BCUT2D eigenvalue weighted by Crippen LogP contribution is -2.46. The van der Waals surface area contributed by atoms with Crippen LogP contribution in [0.2, 0.25) is 0 Å². The van der Waals surface area contributed by atoms with Crippen molar-refractivity contribution in [3.05, 3.63) is 30.1 Å². The molecular formula is C24H34N6O4. The molecule has 3 rings (SSSR count). The van der Waals surface area contributed by atoms with E-state index >= 15 is 0 Å². The Bertz CT molecular complexity index is 943. The lowest BCUT2D eigenvalue weighted by molar-refractivity contribution is -0.124. The molecule has 3 heterocycles. The molecule has 2 aromatic rings. The van der Waals surface area contributed by atoms with Crippen molar-refractivity contribution >= 4 is 17.8 Å². The summed E-state index contributed by atoms with van der Waals surface area (Å²) in [6.45, 7) is 1.31. The highest BCUT2D eigenvalue weighted by Gasteiger charge is 2.18. The molecule has 0 aromatic carbocycles. The summed E-state index contributed by atoms with van der Waals surface area (Å²) in [5.74, 6) is -0.853. The number of unbranched alkanes of at least 4 members (excludes halogenated alkanes) is 6. The molecule has 0 unspecified atom stereocenters. The molecule has 0 bridgehead atoms. The molecule has 1 aliphatic rings. The number of hydrogen-bond donors (Lipinski definition) is 3. The molecule has 1 saturated heterocycles. The zero-order valence-corrected chi connectivity index (χ0v) is 19.5. The number of aromatic nitrogens is 4. The average molecular weight is 471 g/mol. The average Bonchev–Trinajstić information content (AvgIpc) is 3.31. The number of aromatic carboxylic acids is 1. The highest BCUT2D eigenvalue weighted by atomic mass is 16.4. The van der Waals surface area contributed by atoms with Gasteiger partial charge in [-0.15, -0.1) is 5.10 Å². The molecule has 10 heteroatoms. The number of carboxylic acid groups (broad SMARTS) is 1. The van der Waals surface area contributed by atoms with E-state index in [0.717, 1.165) is 64.3 Å². The molecule has 10 nitrogen and oxygen atoms in total. The number of pyridine rings is 1. The van der Waals surface area contributed by atoms with Crippen LogP contribution < -0.4 is 10.6 Å². The summed E-state index contributed by atoms with van der Waals surface area (Å²) in [6.07, 6.45) is 13.6. The fourth-order valence-electron chi connectivity index (χ4n) is 4.00. The fraction of sp³-hybridized carbons (Fsp3) is 0.583. The summed E-state index contributed by atoms with van der Waals surface area (Å²) in [7, 11) is 0. The van der Waals surface area contributed by atoms with Crippen molar-refractivity contribution in [2.75, 3.05) is 6.54 Å². The predicted octanol–water partition coefficient (Wildman–Crippen LogP) is 2.94. The molecule has 184 valence electrons. The molecular weight excluding hydrogens is 436 g/mol. The predicted molar refractivity (Wildman–Crippen MR) is 126 cm³/mol. The molecule has 0 radical (unpaired) electrons. The SMILES string of the molecule is O=C(CCCCCCCCCn1cc(-c2ccc(C(=O)O)cn2)nn1)NC[C@H]1CCCC(=O)N1. The van der Waals surface area contributed by atoms with Gasteiger partial charge >= 0.3 is 5.97 Å². The van der Waals surface area contributed by atoms with E-state index < -0.39 is 5.97 Å². The van der Waals surface area contributed by atoms with E-state index in [1.165, 1.54) is 12.3 Å². The van der Waals surface area contributed by atoms with Gasteiger partial charge in [-0.2, -0.15) is 0 Å². The first kappa shape index (κ1) is 25.3. The number of nitrogens with one attached hydrogen (secondary N) is 2. The van der Waals surface area contributed by atoms with E-state index in [-0.39, 0.29) is 23.4 Å². The smallest absolute Gasteiger partial charge is 0.337 e. The van der Waals surface area contributed by atoms with Gasteiger partial charge in [0.2, 0.25) is 11.8 Å². The van der Waals surface area contributed by atoms with Crippen LogP contribution in [-0.4, -0.2) is 55.5 Å². The van der Waals surface area contributed by atoms with Gasteiger partial charge in [0.05, 0.1) is 17.5 Å². The molecule has 3 N–H and O–H groups in total. The summed E-state index contributed by atoms with van der Waals surface area (Å²) < 4.78 is 1.79. The molecule has 1 fully saturated rings. The molecule has 0 saturated carbocycles. The number of nitrogens with zero attached hydrogens (tertiary/aromatic N) is 4. The number of piperidine rings is 1. The zero-order valence-electron chi connectivity index (χ0n) is 19.5. The minimum Gasteiger partial charge on any atom is -0.478 e. The van der Waals surface area contributed by atoms with Crippen LogP contribution in [0.15, 0.2) is 24.5 Å². The van der Waals surface area contributed by atoms with Gasteiger partial charge in [-0.25, -0.2) is 4.79 Å². The van der Waals surface area contributed by atoms with Gasteiger partial charge in [0.1, 0.15) is 5.69 Å². The van der Waals surface area contributed by atoms with Gasteiger partial charge in [0.15, 0.2) is 0 Å². The molecule has 34 heavy (non-hydrogen) atoms. The Morgan fingerprint density at radius 1 is 1.09 bits per heavy atom. The lowest BCUT2D eigenvalue weighted by atomic mass is 10.0. The molecule has 2 amide bonds. The normalized spacial score (nSPS) is 15.6. The minimum atomic E-state index is -1.00. The highest BCUT2D eigenvalue weighted by molar-refractivity contribution is 5.87. The van der Waals surface area contributed by atoms with Crippen LogP contribution >= 0.6 is 0 Å². The summed E-state index contributed by atoms with van der Waals surface area (Å²) in [6, 6.07) is 3.22. The Labute approximate surface area is 199 Å². The van der Waals surface area contributed by atoms with Crippen LogP contribution in [0.5, 0.6) is 0 Å². The number of aryl methyl sites for hydroxylation is 1. The summed E-state index contributed by atoms with van der Waals surface area (Å²) >= 11 is 0. The van der Waals surface area contributed by atoms with Gasteiger partial charge < -0.3 is 15.7 Å². The van der Waals surface area contributed by atoms with Crippen molar-refractivity contribution in [3.8, 4) is 11.4 Å². The number of carbonyl (C=O) groups is 3. The Morgan fingerprint density at radius 3 is 2.56 bits per heavy atom. The Kier molecular flexibility index (Phi) is 9.99.